The standard InChI is InChI=1S/C11H17F/c1-4-6-7-11(12)9-8-10(3)5-2/h7-9H,3-6H2,1-2H3/b9-8-,11-7-. The smallest absolute Gasteiger partial charge is 0.119 e. The minimum atomic E-state index is -0.161. The van der Waals surface area contributed by atoms with Gasteiger partial charge in [-0.25, -0.2) is 4.39 Å². The lowest BCUT2D eigenvalue weighted by atomic mass is 10.2. The summed E-state index contributed by atoms with van der Waals surface area (Å²) in [5, 5.41) is 0. The van der Waals surface area contributed by atoms with E-state index in [4.69, 9.17) is 0 Å². The first kappa shape index (κ1) is 11.2. The van der Waals surface area contributed by atoms with Crippen LogP contribution in [0, 0.1) is 0 Å². The number of unbranched alkanes of at least 4 members (excludes halogenated alkanes) is 1. The van der Waals surface area contributed by atoms with Crippen molar-refractivity contribution >= 4 is 0 Å². The molecular weight excluding hydrogens is 151 g/mol. The van der Waals surface area contributed by atoms with Crippen molar-refractivity contribution in [1.82, 2.24) is 0 Å². The van der Waals surface area contributed by atoms with Crippen LogP contribution < -0.4 is 0 Å². The third-order valence-corrected chi connectivity index (χ3v) is 1.56. The Morgan fingerprint density at radius 3 is 2.50 bits per heavy atom. The summed E-state index contributed by atoms with van der Waals surface area (Å²) in [7, 11) is 0. The zero-order chi connectivity index (χ0) is 9.40. The minimum absolute atomic E-state index is 0.161. The second-order valence-corrected chi connectivity index (χ2v) is 2.72. The summed E-state index contributed by atoms with van der Waals surface area (Å²) in [6, 6.07) is 0. The normalized spacial score (nSPS) is 12.4. The number of hydrogen-bond acceptors (Lipinski definition) is 0. The second kappa shape index (κ2) is 6.84. The van der Waals surface area contributed by atoms with Gasteiger partial charge in [-0.2, -0.15) is 0 Å². The number of allylic oxidation sites excluding steroid dienone is 5. The van der Waals surface area contributed by atoms with Gasteiger partial charge >= 0.3 is 0 Å². The summed E-state index contributed by atoms with van der Waals surface area (Å²) in [6.45, 7) is 7.77. The maximum atomic E-state index is 12.8. The Bertz CT molecular complexity index is 187. The van der Waals surface area contributed by atoms with Crippen LogP contribution in [0.5, 0.6) is 0 Å². The Kier molecular flexibility index (Phi) is 6.35. The topological polar surface area (TPSA) is 0 Å². The first-order chi connectivity index (χ1) is 5.70. The van der Waals surface area contributed by atoms with E-state index in [-0.39, 0.29) is 5.83 Å². The van der Waals surface area contributed by atoms with Gasteiger partial charge in [-0.3, -0.25) is 0 Å². The van der Waals surface area contributed by atoms with Gasteiger partial charge in [0.25, 0.3) is 0 Å². The lowest BCUT2D eigenvalue weighted by Crippen LogP contribution is -1.71. The molecule has 0 aromatic carbocycles. The predicted octanol–water partition coefficient (Wildman–Crippen LogP) is 4.16. The zero-order valence-electron chi connectivity index (χ0n) is 7.94. The molecule has 0 saturated heterocycles. The lowest BCUT2D eigenvalue weighted by molar-refractivity contribution is 0.658. The molecule has 0 aliphatic rings. The van der Waals surface area contributed by atoms with Crippen LogP contribution in [0.25, 0.3) is 0 Å². The van der Waals surface area contributed by atoms with Crippen LogP contribution in [0.3, 0.4) is 0 Å². The predicted molar refractivity (Wildman–Crippen MR) is 52.7 cm³/mol. The Morgan fingerprint density at radius 2 is 2.00 bits per heavy atom. The van der Waals surface area contributed by atoms with E-state index >= 15 is 0 Å². The molecule has 0 bridgehead atoms. The van der Waals surface area contributed by atoms with Gasteiger partial charge in [0.2, 0.25) is 0 Å². The van der Waals surface area contributed by atoms with Gasteiger partial charge in [-0.15, -0.1) is 0 Å². The van der Waals surface area contributed by atoms with Crippen LogP contribution in [0.1, 0.15) is 33.1 Å². The zero-order valence-corrected chi connectivity index (χ0v) is 7.94. The van der Waals surface area contributed by atoms with Gasteiger partial charge < -0.3 is 0 Å². The van der Waals surface area contributed by atoms with Gasteiger partial charge in [0.1, 0.15) is 5.83 Å². The fraction of sp³-hybridized carbons (Fsp3) is 0.455. The molecule has 0 aliphatic carbocycles. The third-order valence-electron chi connectivity index (χ3n) is 1.56. The molecule has 0 atom stereocenters. The van der Waals surface area contributed by atoms with Gasteiger partial charge in [-0.1, -0.05) is 38.5 Å². The quantitative estimate of drug-likeness (QED) is 0.541. The average molecular weight is 168 g/mol. The van der Waals surface area contributed by atoms with Crippen LogP contribution in [-0.4, -0.2) is 0 Å². The van der Waals surface area contributed by atoms with Gasteiger partial charge in [0.05, 0.1) is 0 Å². The summed E-state index contributed by atoms with van der Waals surface area (Å²) >= 11 is 0. The molecule has 0 aromatic rings. The van der Waals surface area contributed by atoms with E-state index in [1.165, 1.54) is 6.08 Å². The molecule has 0 fully saturated rings. The molecule has 0 spiro atoms. The summed E-state index contributed by atoms with van der Waals surface area (Å²) in [5.74, 6) is -0.161. The molecule has 0 aromatic heterocycles. The van der Waals surface area contributed by atoms with Crippen LogP contribution in [0.4, 0.5) is 4.39 Å². The SMILES string of the molecule is C=C(/C=C\C(F)=C\CCC)CC. The van der Waals surface area contributed by atoms with Crippen molar-refractivity contribution in [2.75, 3.05) is 0 Å². The maximum Gasteiger partial charge on any atom is 0.119 e. The van der Waals surface area contributed by atoms with E-state index in [1.54, 1.807) is 12.2 Å². The Hall–Kier alpha value is -0.850. The first-order valence-electron chi connectivity index (χ1n) is 4.42. The highest BCUT2D eigenvalue weighted by molar-refractivity contribution is 5.21. The molecule has 0 rings (SSSR count). The molecular formula is C11H17F. The molecule has 12 heavy (non-hydrogen) atoms. The van der Waals surface area contributed by atoms with Crippen molar-refractivity contribution in [3.8, 4) is 0 Å². The Balaban J connectivity index is 3.89. The van der Waals surface area contributed by atoms with Crippen LogP contribution in [-0.2, 0) is 0 Å². The van der Waals surface area contributed by atoms with E-state index in [0.29, 0.717) is 0 Å². The molecule has 1 heteroatoms. The van der Waals surface area contributed by atoms with Crippen molar-refractivity contribution in [1.29, 1.82) is 0 Å². The molecule has 0 amide bonds. The molecule has 0 saturated carbocycles. The highest BCUT2D eigenvalue weighted by Crippen LogP contribution is 2.05. The van der Waals surface area contributed by atoms with Gasteiger partial charge in [0.15, 0.2) is 0 Å². The summed E-state index contributed by atoms with van der Waals surface area (Å²) in [5.41, 5.74) is 0.954. The van der Waals surface area contributed by atoms with Crippen molar-refractivity contribution in [3.05, 3.63) is 36.2 Å². The van der Waals surface area contributed by atoms with E-state index in [9.17, 15) is 4.39 Å². The number of rotatable bonds is 5. The summed E-state index contributed by atoms with van der Waals surface area (Å²) in [4.78, 5) is 0. The fourth-order valence-corrected chi connectivity index (χ4v) is 0.666. The van der Waals surface area contributed by atoms with E-state index in [2.05, 4.69) is 6.58 Å². The summed E-state index contributed by atoms with van der Waals surface area (Å²) < 4.78 is 12.8. The van der Waals surface area contributed by atoms with Crippen LogP contribution in [0.15, 0.2) is 36.2 Å². The van der Waals surface area contributed by atoms with Crippen LogP contribution >= 0.6 is 0 Å². The van der Waals surface area contributed by atoms with Crippen molar-refractivity contribution in [2.24, 2.45) is 0 Å². The highest BCUT2D eigenvalue weighted by atomic mass is 19.1. The molecule has 0 nitrogen and oxygen atoms in total. The molecule has 0 aliphatic heterocycles. The van der Waals surface area contributed by atoms with E-state index in [0.717, 1.165) is 24.8 Å². The molecule has 68 valence electrons. The largest absolute Gasteiger partial charge is 0.207 e. The van der Waals surface area contributed by atoms with Crippen molar-refractivity contribution < 1.29 is 4.39 Å². The van der Waals surface area contributed by atoms with Gasteiger partial charge in [-0.05, 0) is 25.0 Å². The fourth-order valence-electron chi connectivity index (χ4n) is 0.666. The van der Waals surface area contributed by atoms with E-state index < -0.39 is 0 Å². The Labute approximate surface area is 74.5 Å². The third kappa shape index (κ3) is 5.90. The minimum Gasteiger partial charge on any atom is -0.207 e. The first-order valence-corrected chi connectivity index (χ1v) is 4.42. The monoisotopic (exact) mass is 168 g/mol. The molecule has 0 radical (unpaired) electrons. The Morgan fingerprint density at radius 1 is 1.33 bits per heavy atom. The van der Waals surface area contributed by atoms with Gasteiger partial charge in [0, 0.05) is 0 Å². The van der Waals surface area contributed by atoms with Crippen LogP contribution in [0.2, 0.25) is 0 Å². The highest BCUT2D eigenvalue weighted by Gasteiger charge is 1.86. The van der Waals surface area contributed by atoms with Crippen molar-refractivity contribution in [3.63, 3.8) is 0 Å². The average Bonchev–Trinajstić information content (AvgIpc) is 2.10. The maximum absolute atomic E-state index is 12.8. The second-order valence-electron chi connectivity index (χ2n) is 2.72. The number of hydrogen-bond donors (Lipinski definition) is 0. The van der Waals surface area contributed by atoms with E-state index in [1.807, 2.05) is 13.8 Å². The lowest BCUT2D eigenvalue weighted by Gasteiger charge is -1.91. The number of halogens is 1. The van der Waals surface area contributed by atoms with Crippen molar-refractivity contribution in [2.45, 2.75) is 33.1 Å². The summed E-state index contributed by atoms with van der Waals surface area (Å²) in [6.07, 6.45) is 7.45. The molecule has 0 N–H and O–H groups in total. The molecule has 0 unspecified atom stereocenters. The molecule has 0 heterocycles.